The van der Waals surface area contributed by atoms with Crippen LogP contribution in [0, 0.1) is 19.8 Å². The van der Waals surface area contributed by atoms with Gasteiger partial charge in [0.1, 0.15) is 0 Å². The van der Waals surface area contributed by atoms with Crippen LogP contribution in [0.2, 0.25) is 0 Å². The van der Waals surface area contributed by atoms with Crippen LogP contribution < -0.4 is 11.1 Å². The fourth-order valence-electron chi connectivity index (χ4n) is 3.15. The number of nitrogens with zero attached hydrogens (tertiary/aromatic N) is 2. The second kappa shape index (κ2) is 6.62. The Labute approximate surface area is 135 Å². The Hall–Kier alpha value is -1.66. The number of aryl methyl sites for hydroxylation is 2. The molecular formula is C15H21ClN4O2. The van der Waals surface area contributed by atoms with Crippen LogP contribution >= 0.6 is 12.4 Å². The van der Waals surface area contributed by atoms with Crippen molar-refractivity contribution < 1.29 is 9.32 Å². The summed E-state index contributed by atoms with van der Waals surface area (Å²) < 4.78 is 5.17. The van der Waals surface area contributed by atoms with E-state index in [-0.39, 0.29) is 24.4 Å². The van der Waals surface area contributed by atoms with Gasteiger partial charge in [0, 0.05) is 11.7 Å². The summed E-state index contributed by atoms with van der Waals surface area (Å²) in [7, 11) is 0. The molecule has 0 saturated heterocycles. The van der Waals surface area contributed by atoms with Gasteiger partial charge in [0.2, 0.25) is 0 Å². The molecule has 1 fully saturated rings. The molecule has 0 aromatic carbocycles. The largest absolute Gasteiger partial charge is 0.349 e. The minimum absolute atomic E-state index is 0. The van der Waals surface area contributed by atoms with Crippen molar-refractivity contribution in [3.05, 3.63) is 23.0 Å². The summed E-state index contributed by atoms with van der Waals surface area (Å²) in [6.07, 6.45) is 3.19. The number of rotatable bonds is 3. The molecular weight excluding hydrogens is 304 g/mol. The number of halogens is 1. The maximum atomic E-state index is 12.6. The van der Waals surface area contributed by atoms with Crippen LogP contribution in [-0.4, -0.2) is 28.6 Å². The van der Waals surface area contributed by atoms with Crippen molar-refractivity contribution in [2.75, 3.05) is 6.54 Å². The highest BCUT2D eigenvalue weighted by Crippen LogP contribution is 2.26. The second-order valence-corrected chi connectivity index (χ2v) is 5.77. The van der Waals surface area contributed by atoms with Crippen molar-refractivity contribution in [3.63, 3.8) is 0 Å². The van der Waals surface area contributed by atoms with Crippen molar-refractivity contribution in [2.24, 2.45) is 11.7 Å². The molecule has 3 N–H and O–H groups in total. The molecule has 1 aliphatic rings. The van der Waals surface area contributed by atoms with E-state index in [0.29, 0.717) is 34.8 Å². The van der Waals surface area contributed by atoms with Gasteiger partial charge in [-0.2, -0.15) is 0 Å². The molecule has 0 bridgehead atoms. The van der Waals surface area contributed by atoms with Gasteiger partial charge in [-0.1, -0.05) is 11.6 Å². The number of carbonyl (C=O) groups excluding carboxylic acids is 1. The molecule has 1 amide bonds. The number of hydrogen-bond acceptors (Lipinski definition) is 5. The molecule has 120 valence electrons. The molecule has 7 heteroatoms. The quantitative estimate of drug-likeness (QED) is 0.901. The Bertz CT molecular complexity index is 685. The van der Waals surface area contributed by atoms with Crippen LogP contribution in [0.25, 0.3) is 11.1 Å². The molecule has 1 saturated carbocycles. The summed E-state index contributed by atoms with van der Waals surface area (Å²) in [4.78, 5) is 16.9. The number of nitrogens with one attached hydrogen (secondary N) is 1. The molecule has 1 aliphatic carbocycles. The zero-order valence-electron chi connectivity index (χ0n) is 12.8. The van der Waals surface area contributed by atoms with Crippen LogP contribution in [0.15, 0.2) is 10.6 Å². The van der Waals surface area contributed by atoms with E-state index in [4.69, 9.17) is 10.3 Å². The van der Waals surface area contributed by atoms with Gasteiger partial charge in [-0.15, -0.1) is 12.4 Å². The van der Waals surface area contributed by atoms with E-state index in [2.05, 4.69) is 15.5 Å². The number of carbonyl (C=O) groups is 1. The Kier molecular flexibility index (Phi) is 5.03. The van der Waals surface area contributed by atoms with Crippen molar-refractivity contribution in [2.45, 2.75) is 39.2 Å². The van der Waals surface area contributed by atoms with E-state index in [1.54, 1.807) is 6.07 Å². The highest BCUT2D eigenvalue weighted by Gasteiger charge is 2.28. The fourth-order valence-corrected chi connectivity index (χ4v) is 3.15. The van der Waals surface area contributed by atoms with Gasteiger partial charge in [-0.05, 0) is 45.2 Å². The first kappa shape index (κ1) is 16.7. The van der Waals surface area contributed by atoms with E-state index in [9.17, 15) is 4.79 Å². The summed E-state index contributed by atoms with van der Waals surface area (Å²) in [5.41, 5.74) is 8.20. The normalized spacial score (nSPS) is 20.9. The van der Waals surface area contributed by atoms with E-state index < -0.39 is 0 Å². The highest BCUT2D eigenvalue weighted by molar-refractivity contribution is 6.06. The van der Waals surface area contributed by atoms with Crippen molar-refractivity contribution in [3.8, 4) is 0 Å². The number of amides is 1. The van der Waals surface area contributed by atoms with Crippen LogP contribution in [0.1, 0.15) is 41.0 Å². The third-order valence-electron chi connectivity index (χ3n) is 4.27. The highest BCUT2D eigenvalue weighted by atomic mass is 35.5. The molecule has 22 heavy (non-hydrogen) atoms. The summed E-state index contributed by atoms with van der Waals surface area (Å²) in [6.45, 7) is 4.27. The first-order chi connectivity index (χ1) is 10.1. The first-order valence-corrected chi connectivity index (χ1v) is 7.34. The number of hydrogen-bond donors (Lipinski definition) is 2. The fraction of sp³-hybridized carbons (Fsp3) is 0.533. The van der Waals surface area contributed by atoms with E-state index >= 15 is 0 Å². The van der Waals surface area contributed by atoms with E-state index in [0.717, 1.165) is 25.0 Å². The second-order valence-electron chi connectivity index (χ2n) is 5.77. The SMILES string of the molecule is Cc1cc(C(=O)NC2CCCC2CN)c2c(C)noc2n1.Cl. The third kappa shape index (κ3) is 2.94. The zero-order valence-corrected chi connectivity index (χ0v) is 13.6. The Morgan fingerprint density at radius 1 is 1.45 bits per heavy atom. The predicted molar refractivity (Wildman–Crippen MR) is 86.2 cm³/mol. The number of nitrogens with two attached hydrogens (primary N) is 1. The van der Waals surface area contributed by atoms with Crippen LogP contribution in [0.3, 0.4) is 0 Å². The first-order valence-electron chi connectivity index (χ1n) is 7.34. The van der Waals surface area contributed by atoms with Crippen molar-refractivity contribution in [1.29, 1.82) is 0 Å². The van der Waals surface area contributed by atoms with Gasteiger partial charge in [0.05, 0.1) is 16.6 Å². The summed E-state index contributed by atoms with van der Waals surface area (Å²) in [5.74, 6) is 0.276. The average Bonchev–Trinajstić information content (AvgIpc) is 3.05. The topological polar surface area (TPSA) is 94.0 Å². The molecule has 0 spiro atoms. The van der Waals surface area contributed by atoms with Gasteiger partial charge in [-0.3, -0.25) is 4.79 Å². The van der Waals surface area contributed by atoms with Gasteiger partial charge in [0.15, 0.2) is 0 Å². The molecule has 0 aliphatic heterocycles. The summed E-state index contributed by atoms with van der Waals surface area (Å²) >= 11 is 0. The van der Waals surface area contributed by atoms with Crippen LogP contribution in [-0.2, 0) is 0 Å². The maximum absolute atomic E-state index is 12.6. The summed E-state index contributed by atoms with van der Waals surface area (Å²) in [6, 6.07) is 1.94. The Morgan fingerprint density at radius 3 is 2.95 bits per heavy atom. The molecule has 2 aromatic heterocycles. The lowest BCUT2D eigenvalue weighted by molar-refractivity contribution is 0.0930. The Balaban J connectivity index is 0.00000176. The monoisotopic (exact) mass is 324 g/mol. The third-order valence-corrected chi connectivity index (χ3v) is 4.27. The maximum Gasteiger partial charge on any atom is 0.258 e. The van der Waals surface area contributed by atoms with Gasteiger partial charge < -0.3 is 15.6 Å². The molecule has 2 unspecified atom stereocenters. The van der Waals surface area contributed by atoms with Crippen molar-refractivity contribution in [1.82, 2.24) is 15.5 Å². The summed E-state index contributed by atoms with van der Waals surface area (Å²) in [5, 5.41) is 7.72. The zero-order chi connectivity index (χ0) is 15.0. The standard InChI is InChI=1S/C15H20N4O2.ClH/c1-8-6-11(13-9(2)19-21-15(13)17-8)14(20)18-12-5-3-4-10(12)7-16;/h6,10,12H,3-5,7,16H2,1-2H3,(H,18,20);1H. The molecule has 2 heterocycles. The Morgan fingerprint density at radius 2 is 2.23 bits per heavy atom. The minimum Gasteiger partial charge on any atom is -0.349 e. The van der Waals surface area contributed by atoms with Crippen molar-refractivity contribution >= 4 is 29.4 Å². The lowest BCUT2D eigenvalue weighted by Crippen LogP contribution is -2.40. The average molecular weight is 325 g/mol. The molecule has 6 nitrogen and oxygen atoms in total. The van der Waals surface area contributed by atoms with Gasteiger partial charge >= 0.3 is 0 Å². The van der Waals surface area contributed by atoms with E-state index in [1.165, 1.54) is 0 Å². The number of pyridine rings is 1. The molecule has 2 aromatic rings. The predicted octanol–water partition coefficient (Wildman–Crippen LogP) is 2.12. The van der Waals surface area contributed by atoms with Crippen LogP contribution in [0.5, 0.6) is 0 Å². The van der Waals surface area contributed by atoms with Gasteiger partial charge in [0.25, 0.3) is 11.6 Å². The smallest absolute Gasteiger partial charge is 0.258 e. The van der Waals surface area contributed by atoms with Crippen LogP contribution in [0.4, 0.5) is 0 Å². The minimum atomic E-state index is -0.0952. The molecule has 0 radical (unpaired) electrons. The molecule has 2 atom stereocenters. The van der Waals surface area contributed by atoms with E-state index in [1.807, 2.05) is 13.8 Å². The lowest BCUT2D eigenvalue weighted by Gasteiger charge is -2.19. The number of aromatic nitrogens is 2. The lowest BCUT2D eigenvalue weighted by atomic mass is 10.0. The molecule has 3 rings (SSSR count). The van der Waals surface area contributed by atoms with Gasteiger partial charge in [-0.25, -0.2) is 4.98 Å². The number of fused-ring (bicyclic) bond motifs is 1.